The summed E-state index contributed by atoms with van der Waals surface area (Å²) in [4.78, 5) is 10.0. The van der Waals surface area contributed by atoms with Gasteiger partial charge in [-0.25, -0.2) is 0 Å². The number of nitro groups is 1. The predicted molar refractivity (Wildman–Crippen MR) is 58.8 cm³/mol. The maximum absolute atomic E-state index is 10.6. The van der Waals surface area contributed by atoms with E-state index in [1.807, 2.05) is 12.3 Å². The Morgan fingerprint density at radius 2 is 2.19 bits per heavy atom. The van der Waals surface area contributed by atoms with Gasteiger partial charge in [-0.05, 0) is 26.9 Å². The molecule has 0 saturated heterocycles. The fourth-order valence-electron chi connectivity index (χ4n) is 1.26. The van der Waals surface area contributed by atoms with Crippen LogP contribution in [0.1, 0.15) is 0 Å². The van der Waals surface area contributed by atoms with E-state index >= 15 is 0 Å². The maximum Gasteiger partial charge on any atom is 0.404 e. The summed E-state index contributed by atoms with van der Waals surface area (Å²) in [5.74, 6) is -0.166. The van der Waals surface area contributed by atoms with Gasteiger partial charge < -0.3 is 10.1 Å². The summed E-state index contributed by atoms with van der Waals surface area (Å²) in [6, 6.07) is 1.82. The fraction of sp³-hybridized carbons (Fsp3) is 0.250. The van der Waals surface area contributed by atoms with E-state index in [2.05, 4.69) is 26.1 Å². The van der Waals surface area contributed by atoms with Crippen LogP contribution in [0.4, 0.5) is 5.82 Å². The Morgan fingerprint density at radius 1 is 1.44 bits per heavy atom. The molecule has 2 aromatic heterocycles. The molecule has 0 aromatic carbocycles. The quantitative estimate of drug-likeness (QED) is 0.629. The molecule has 2 aromatic rings. The first kappa shape index (κ1) is 10.8. The van der Waals surface area contributed by atoms with Crippen molar-refractivity contribution in [1.82, 2.24) is 19.6 Å². The van der Waals surface area contributed by atoms with Gasteiger partial charge in [0, 0.05) is 12.4 Å². The Morgan fingerprint density at radius 3 is 2.75 bits per heavy atom. The predicted octanol–water partition coefficient (Wildman–Crippen LogP) is 1.45. The number of aromatic nitrogens is 4. The lowest BCUT2D eigenvalue weighted by atomic mass is 10.6. The smallest absolute Gasteiger partial charge is 0.358 e. The molecule has 2 rings (SSSR count). The van der Waals surface area contributed by atoms with Crippen molar-refractivity contribution in [3.8, 4) is 0 Å². The van der Waals surface area contributed by atoms with E-state index in [1.165, 1.54) is 4.68 Å². The topological polar surface area (TPSA) is 78.8 Å². The van der Waals surface area contributed by atoms with Gasteiger partial charge in [-0.3, -0.25) is 4.68 Å². The first-order valence-electron chi connectivity index (χ1n) is 4.51. The van der Waals surface area contributed by atoms with Crippen LogP contribution < -0.4 is 0 Å². The lowest BCUT2D eigenvalue weighted by Gasteiger charge is -1.97. The number of halogens is 1. The van der Waals surface area contributed by atoms with Crippen molar-refractivity contribution in [3.63, 3.8) is 0 Å². The monoisotopic (exact) mass is 285 g/mol. The molecule has 0 saturated carbocycles. The van der Waals surface area contributed by atoms with Crippen LogP contribution in [0.25, 0.3) is 0 Å². The van der Waals surface area contributed by atoms with Gasteiger partial charge >= 0.3 is 5.82 Å². The Bertz CT molecular complexity index is 493. The molecule has 0 amide bonds. The van der Waals surface area contributed by atoms with Crippen molar-refractivity contribution in [2.75, 3.05) is 0 Å². The van der Waals surface area contributed by atoms with Crippen LogP contribution in [0.3, 0.4) is 0 Å². The molecule has 0 spiro atoms. The molecule has 7 nitrogen and oxygen atoms in total. The van der Waals surface area contributed by atoms with Crippen LogP contribution in [0.15, 0.2) is 29.1 Å². The second kappa shape index (κ2) is 4.44. The minimum absolute atomic E-state index is 0.166. The van der Waals surface area contributed by atoms with Crippen molar-refractivity contribution in [1.29, 1.82) is 0 Å². The standard InChI is InChI=1S/C8H8BrN5O2/c9-7-6-13(11-8(7)14(15)16)5-4-12-3-1-2-10-12/h1-3,6H,4-5H2. The first-order valence-corrected chi connectivity index (χ1v) is 5.31. The van der Waals surface area contributed by atoms with E-state index in [4.69, 9.17) is 0 Å². The molecule has 0 radical (unpaired) electrons. The lowest BCUT2D eigenvalue weighted by molar-refractivity contribution is -0.390. The third-order valence-electron chi connectivity index (χ3n) is 1.99. The van der Waals surface area contributed by atoms with Crippen LogP contribution in [-0.2, 0) is 13.1 Å². The van der Waals surface area contributed by atoms with E-state index in [-0.39, 0.29) is 5.82 Å². The summed E-state index contributed by atoms with van der Waals surface area (Å²) >= 11 is 3.09. The largest absolute Gasteiger partial charge is 0.404 e. The van der Waals surface area contributed by atoms with Crippen LogP contribution in [-0.4, -0.2) is 24.5 Å². The summed E-state index contributed by atoms with van der Waals surface area (Å²) in [5, 5.41) is 18.4. The number of aryl methyl sites for hydroxylation is 2. The lowest BCUT2D eigenvalue weighted by Crippen LogP contribution is -2.08. The molecular formula is C8H8BrN5O2. The van der Waals surface area contributed by atoms with Gasteiger partial charge in [-0.15, -0.1) is 0 Å². The molecule has 0 N–H and O–H groups in total. The molecule has 0 aliphatic rings. The highest BCUT2D eigenvalue weighted by atomic mass is 79.9. The van der Waals surface area contributed by atoms with Crippen molar-refractivity contribution in [3.05, 3.63) is 39.2 Å². The van der Waals surface area contributed by atoms with Crippen LogP contribution in [0, 0.1) is 10.1 Å². The van der Waals surface area contributed by atoms with Crippen LogP contribution in [0.5, 0.6) is 0 Å². The molecule has 0 fully saturated rings. The minimum atomic E-state index is -0.519. The maximum atomic E-state index is 10.6. The van der Waals surface area contributed by atoms with Gasteiger partial charge in [0.1, 0.15) is 4.47 Å². The van der Waals surface area contributed by atoms with E-state index in [9.17, 15) is 10.1 Å². The van der Waals surface area contributed by atoms with Gasteiger partial charge in [0.15, 0.2) is 0 Å². The van der Waals surface area contributed by atoms with E-state index in [0.717, 1.165) is 0 Å². The van der Waals surface area contributed by atoms with Gasteiger partial charge in [0.2, 0.25) is 0 Å². The average Bonchev–Trinajstić information content (AvgIpc) is 2.83. The molecule has 8 heteroatoms. The highest BCUT2D eigenvalue weighted by Gasteiger charge is 2.18. The fourth-order valence-corrected chi connectivity index (χ4v) is 1.72. The summed E-state index contributed by atoms with van der Waals surface area (Å²) in [6.07, 6.45) is 5.09. The molecule has 16 heavy (non-hydrogen) atoms. The Labute approximate surface area is 99.0 Å². The number of nitrogens with zero attached hydrogens (tertiary/aromatic N) is 5. The van der Waals surface area contributed by atoms with Gasteiger partial charge in [0.25, 0.3) is 0 Å². The van der Waals surface area contributed by atoms with Gasteiger partial charge in [-0.2, -0.15) is 9.78 Å². The van der Waals surface area contributed by atoms with E-state index in [1.54, 1.807) is 17.1 Å². The molecule has 0 unspecified atom stereocenters. The number of rotatable bonds is 4. The average molecular weight is 286 g/mol. The van der Waals surface area contributed by atoms with Crippen molar-refractivity contribution < 1.29 is 4.92 Å². The summed E-state index contributed by atoms with van der Waals surface area (Å²) in [5.41, 5.74) is 0. The SMILES string of the molecule is O=[N+]([O-])c1nn(CCn2cccn2)cc1Br. The van der Waals surface area contributed by atoms with Crippen molar-refractivity contribution >= 4 is 21.7 Å². The first-order chi connectivity index (χ1) is 7.66. The van der Waals surface area contributed by atoms with Crippen LogP contribution in [0.2, 0.25) is 0 Å². The zero-order chi connectivity index (χ0) is 11.5. The Balaban J connectivity index is 2.05. The summed E-state index contributed by atoms with van der Waals surface area (Å²) in [6.45, 7) is 1.16. The zero-order valence-corrected chi connectivity index (χ0v) is 9.74. The zero-order valence-electron chi connectivity index (χ0n) is 8.15. The second-order valence-electron chi connectivity index (χ2n) is 3.09. The summed E-state index contributed by atoms with van der Waals surface area (Å²) in [7, 11) is 0. The highest BCUT2D eigenvalue weighted by Crippen LogP contribution is 2.21. The molecule has 0 atom stereocenters. The number of hydrogen-bond donors (Lipinski definition) is 0. The number of hydrogen-bond acceptors (Lipinski definition) is 4. The molecular weight excluding hydrogens is 278 g/mol. The van der Waals surface area contributed by atoms with Crippen molar-refractivity contribution in [2.24, 2.45) is 0 Å². The normalized spacial score (nSPS) is 10.6. The van der Waals surface area contributed by atoms with Crippen LogP contribution >= 0.6 is 15.9 Å². The molecule has 84 valence electrons. The van der Waals surface area contributed by atoms with Gasteiger partial charge in [0.05, 0.1) is 24.4 Å². The van der Waals surface area contributed by atoms with E-state index < -0.39 is 4.92 Å². The second-order valence-corrected chi connectivity index (χ2v) is 3.94. The molecule has 0 bridgehead atoms. The third kappa shape index (κ3) is 2.27. The minimum Gasteiger partial charge on any atom is -0.358 e. The molecule has 2 heterocycles. The summed E-state index contributed by atoms with van der Waals surface area (Å²) < 4.78 is 3.64. The van der Waals surface area contributed by atoms with Gasteiger partial charge in [-0.1, -0.05) is 0 Å². The Hall–Kier alpha value is -1.70. The Kier molecular flexibility index (Phi) is 3.00. The van der Waals surface area contributed by atoms with E-state index in [0.29, 0.717) is 17.6 Å². The molecule has 0 aliphatic carbocycles. The van der Waals surface area contributed by atoms with Crippen molar-refractivity contribution in [2.45, 2.75) is 13.1 Å². The highest BCUT2D eigenvalue weighted by molar-refractivity contribution is 9.10. The molecule has 0 aliphatic heterocycles. The third-order valence-corrected chi connectivity index (χ3v) is 2.55.